The third-order valence-corrected chi connectivity index (χ3v) is 2.69. The smallest absolute Gasteiger partial charge is 0.256 e. The van der Waals surface area contributed by atoms with Gasteiger partial charge >= 0.3 is 0 Å². The molecule has 0 saturated heterocycles. The van der Waals surface area contributed by atoms with E-state index in [2.05, 4.69) is 5.10 Å². The molecule has 0 bridgehead atoms. The highest BCUT2D eigenvalue weighted by atomic mass is 35.5. The summed E-state index contributed by atoms with van der Waals surface area (Å²) in [5.74, 6) is 0.722. The number of rotatable bonds is 6. The van der Waals surface area contributed by atoms with Gasteiger partial charge in [-0.1, -0.05) is 6.42 Å². The van der Waals surface area contributed by atoms with Crippen molar-refractivity contribution >= 4 is 17.5 Å². The van der Waals surface area contributed by atoms with Gasteiger partial charge in [0.05, 0.1) is 11.8 Å². The van der Waals surface area contributed by atoms with E-state index in [0.29, 0.717) is 11.4 Å². The van der Waals surface area contributed by atoms with Crippen LogP contribution in [0.1, 0.15) is 29.6 Å². The molecule has 4 nitrogen and oxygen atoms in total. The Morgan fingerprint density at radius 3 is 2.81 bits per heavy atom. The van der Waals surface area contributed by atoms with Crippen molar-refractivity contribution < 1.29 is 4.79 Å². The van der Waals surface area contributed by atoms with E-state index in [1.807, 2.05) is 7.05 Å². The number of nitrogens with zero attached hydrogens (tertiary/aromatic N) is 3. The van der Waals surface area contributed by atoms with Crippen molar-refractivity contribution in [2.45, 2.75) is 19.3 Å². The molecule has 1 heterocycles. The second kappa shape index (κ2) is 6.53. The SMILES string of the molecule is CN(CCCCCCl)C(=O)c1cnn(C)c1. The van der Waals surface area contributed by atoms with Crippen molar-refractivity contribution in [1.29, 1.82) is 0 Å². The van der Waals surface area contributed by atoms with E-state index in [9.17, 15) is 4.79 Å². The summed E-state index contributed by atoms with van der Waals surface area (Å²) in [7, 11) is 3.62. The van der Waals surface area contributed by atoms with Gasteiger partial charge in [-0.3, -0.25) is 9.48 Å². The number of unbranched alkanes of at least 4 members (excludes halogenated alkanes) is 2. The van der Waals surface area contributed by atoms with Crippen LogP contribution in [-0.2, 0) is 7.05 Å². The first kappa shape index (κ1) is 13.0. The first-order valence-corrected chi connectivity index (χ1v) is 5.98. The van der Waals surface area contributed by atoms with Crippen molar-refractivity contribution in [3.63, 3.8) is 0 Å². The Hall–Kier alpha value is -1.03. The van der Waals surface area contributed by atoms with Crippen molar-refractivity contribution in [2.75, 3.05) is 19.5 Å². The molecule has 0 radical (unpaired) electrons. The second-order valence-corrected chi connectivity index (χ2v) is 4.26. The number of amides is 1. The molecule has 0 spiro atoms. The highest BCUT2D eigenvalue weighted by Gasteiger charge is 2.12. The fourth-order valence-electron chi connectivity index (χ4n) is 1.47. The van der Waals surface area contributed by atoms with Crippen LogP contribution in [0.5, 0.6) is 0 Å². The van der Waals surface area contributed by atoms with Crippen LogP contribution in [0.15, 0.2) is 12.4 Å². The molecule has 0 aliphatic rings. The van der Waals surface area contributed by atoms with E-state index < -0.39 is 0 Å². The molecule has 0 aromatic carbocycles. The van der Waals surface area contributed by atoms with E-state index >= 15 is 0 Å². The molecule has 0 N–H and O–H groups in total. The Bertz CT molecular complexity index is 338. The minimum Gasteiger partial charge on any atom is -0.342 e. The van der Waals surface area contributed by atoms with E-state index in [0.717, 1.165) is 25.8 Å². The number of alkyl halides is 1. The summed E-state index contributed by atoms with van der Waals surface area (Å²) in [5.41, 5.74) is 0.641. The zero-order valence-electron chi connectivity index (χ0n) is 9.82. The molecule has 0 unspecified atom stereocenters. The van der Waals surface area contributed by atoms with E-state index in [1.165, 1.54) is 0 Å². The molecule has 0 saturated carbocycles. The quantitative estimate of drug-likeness (QED) is 0.565. The van der Waals surface area contributed by atoms with Crippen LogP contribution in [0.4, 0.5) is 0 Å². The van der Waals surface area contributed by atoms with Gasteiger partial charge in [0, 0.05) is 32.7 Å². The van der Waals surface area contributed by atoms with Gasteiger partial charge in [-0.25, -0.2) is 0 Å². The lowest BCUT2D eigenvalue weighted by Gasteiger charge is -2.15. The molecule has 16 heavy (non-hydrogen) atoms. The van der Waals surface area contributed by atoms with Gasteiger partial charge in [0.25, 0.3) is 5.91 Å². The van der Waals surface area contributed by atoms with Gasteiger partial charge in [-0.15, -0.1) is 11.6 Å². The highest BCUT2D eigenvalue weighted by Crippen LogP contribution is 2.04. The molecule has 1 aromatic heterocycles. The number of hydrogen-bond acceptors (Lipinski definition) is 2. The van der Waals surface area contributed by atoms with Crippen LogP contribution < -0.4 is 0 Å². The molecular weight excluding hydrogens is 226 g/mol. The van der Waals surface area contributed by atoms with E-state index in [4.69, 9.17) is 11.6 Å². The molecule has 0 fully saturated rings. The van der Waals surface area contributed by atoms with E-state index in [1.54, 1.807) is 29.0 Å². The molecule has 5 heteroatoms. The molecule has 0 aliphatic heterocycles. The Morgan fingerprint density at radius 1 is 1.50 bits per heavy atom. The van der Waals surface area contributed by atoms with E-state index in [-0.39, 0.29) is 5.91 Å². The van der Waals surface area contributed by atoms with Gasteiger partial charge in [0.15, 0.2) is 0 Å². The lowest BCUT2D eigenvalue weighted by Crippen LogP contribution is -2.27. The highest BCUT2D eigenvalue weighted by molar-refractivity contribution is 6.17. The van der Waals surface area contributed by atoms with Crippen LogP contribution in [0.25, 0.3) is 0 Å². The van der Waals surface area contributed by atoms with Crippen molar-refractivity contribution in [3.05, 3.63) is 18.0 Å². The topological polar surface area (TPSA) is 38.1 Å². The molecule has 1 aromatic rings. The Kier molecular flexibility index (Phi) is 5.32. The summed E-state index contributed by atoms with van der Waals surface area (Å²) >= 11 is 5.59. The number of aryl methyl sites for hydroxylation is 1. The summed E-state index contributed by atoms with van der Waals surface area (Å²) in [4.78, 5) is 13.6. The molecule has 1 rings (SSSR count). The molecule has 1 amide bonds. The summed E-state index contributed by atoms with van der Waals surface area (Å²) < 4.78 is 1.63. The number of halogens is 1. The largest absolute Gasteiger partial charge is 0.342 e. The maximum Gasteiger partial charge on any atom is 0.256 e. The van der Waals surface area contributed by atoms with Crippen molar-refractivity contribution in [1.82, 2.24) is 14.7 Å². The molecule has 90 valence electrons. The monoisotopic (exact) mass is 243 g/mol. The predicted octanol–water partition coefficient (Wildman–Crippen LogP) is 1.90. The molecule has 0 atom stereocenters. The first-order valence-electron chi connectivity index (χ1n) is 5.45. The van der Waals surface area contributed by atoms with Gasteiger partial charge in [-0.05, 0) is 12.8 Å². The second-order valence-electron chi connectivity index (χ2n) is 3.88. The van der Waals surface area contributed by atoms with Gasteiger partial charge in [-0.2, -0.15) is 5.10 Å². The molecule has 0 aliphatic carbocycles. The van der Waals surface area contributed by atoms with Gasteiger partial charge < -0.3 is 4.90 Å². The zero-order chi connectivity index (χ0) is 12.0. The average Bonchev–Trinajstić information content (AvgIpc) is 2.70. The van der Waals surface area contributed by atoms with Crippen LogP contribution >= 0.6 is 11.6 Å². The number of carbonyl (C=O) groups is 1. The van der Waals surface area contributed by atoms with Crippen molar-refractivity contribution in [3.8, 4) is 0 Å². The summed E-state index contributed by atoms with van der Waals surface area (Å²) in [6.45, 7) is 0.768. The lowest BCUT2D eigenvalue weighted by molar-refractivity contribution is 0.0792. The number of aromatic nitrogens is 2. The maximum atomic E-state index is 11.9. The van der Waals surface area contributed by atoms with Crippen LogP contribution in [0.2, 0.25) is 0 Å². The lowest BCUT2D eigenvalue weighted by atomic mass is 10.2. The fourth-order valence-corrected chi connectivity index (χ4v) is 1.66. The number of carbonyl (C=O) groups excluding carboxylic acids is 1. The Morgan fingerprint density at radius 2 is 2.25 bits per heavy atom. The van der Waals surface area contributed by atoms with Crippen LogP contribution in [-0.4, -0.2) is 40.1 Å². The van der Waals surface area contributed by atoms with Crippen molar-refractivity contribution in [2.24, 2.45) is 7.05 Å². The third kappa shape index (κ3) is 3.85. The summed E-state index contributed by atoms with van der Waals surface area (Å²) in [6.07, 6.45) is 6.40. The van der Waals surface area contributed by atoms with Crippen LogP contribution in [0, 0.1) is 0 Å². The van der Waals surface area contributed by atoms with Gasteiger partial charge in [0.1, 0.15) is 0 Å². The standard InChI is InChI=1S/C11H18ClN3O/c1-14(7-5-3-4-6-12)11(16)10-8-13-15(2)9-10/h8-9H,3-7H2,1-2H3. The van der Waals surface area contributed by atoms with Crippen LogP contribution in [0.3, 0.4) is 0 Å². The normalized spacial score (nSPS) is 10.4. The van der Waals surface area contributed by atoms with Gasteiger partial charge in [0.2, 0.25) is 0 Å². The Labute approximate surface area is 101 Å². The minimum atomic E-state index is 0.0268. The third-order valence-electron chi connectivity index (χ3n) is 2.43. The first-order chi connectivity index (χ1) is 7.65. The average molecular weight is 244 g/mol. The maximum absolute atomic E-state index is 11.9. The predicted molar refractivity (Wildman–Crippen MR) is 64.7 cm³/mol. The number of hydrogen-bond donors (Lipinski definition) is 0. The summed E-state index contributed by atoms with van der Waals surface area (Å²) in [6, 6.07) is 0. The Balaban J connectivity index is 2.36. The summed E-state index contributed by atoms with van der Waals surface area (Å²) in [5, 5.41) is 3.98. The minimum absolute atomic E-state index is 0.0268. The fraction of sp³-hybridized carbons (Fsp3) is 0.636. The zero-order valence-corrected chi connectivity index (χ0v) is 10.6. The molecular formula is C11H18ClN3O.